The first-order chi connectivity index (χ1) is 9.20. The Bertz CT molecular complexity index is 505. The third-order valence-electron chi connectivity index (χ3n) is 3.68. The highest BCUT2D eigenvalue weighted by molar-refractivity contribution is 5.91. The van der Waals surface area contributed by atoms with Crippen molar-refractivity contribution in [1.82, 2.24) is 4.90 Å². The lowest BCUT2D eigenvalue weighted by Gasteiger charge is -2.22. The summed E-state index contributed by atoms with van der Waals surface area (Å²) in [5.41, 5.74) is 1.57. The van der Waals surface area contributed by atoms with E-state index in [1.165, 1.54) is 12.8 Å². The van der Waals surface area contributed by atoms with Crippen LogP contribution in [0.5, 0.6) is 0 Å². The zero-order valence-corrected chi connectivity index (χ0v) is 11.2. The van der Waals surface area contributed by atoms with Crippen molar-refractivity contribution in [3.63, 3.8) is 0 Å². The fourth-order valence-electron chi connectivity index (χ4n) is 2.43. The molecule has 0 N–H and O–H groups in total. The number of rotatable bonds is 3. The van der Waals surface area contributed by atoms with Crippen LogP contribution in [0.4, 0.5) is 0 Å². The first kappa shape index (κ1) is 13.4. The van der Waals surface area contributed by atoms with Crippen LogP contribution >= 0.6 is 0 Å². The van der Waals surface area contributed by atoms with E-state index >= 15 is 0 Å². The summed E-state index contributed by atoms with van der Waals surface area (Å²) in [6.45, 7) is 0. The summed E-state index contributed by atoms with van der Waals surface area (Å²) in [4.78, 5) is 13.9. The van der Waals surface area contributed by atoms with E-state index in [0.29, 0.717) is 11.6 Å². The summed E-state index contributed by atoms with van der Waals surface area (Å²) in [5, 5.41) is 8.71. The molecule has 2 rings (SSSR count). The zero-order valence-electron chi connectivity index (χ0n) is 11.2. The molecular formula is C16H18N2O. The molecule has 0 saturated heterocycles. The molecule has 98 valence electrons. The van der Waals surface area contributed by atoms with E-state index in [9.17, 15) is 4.79 Å². The van der Waals surface area contributed by atoms with Crippen molar-refractivity contribution < 1.29 is 4.79 Å². The van der Waals surface area contributed by atoms with Crippen LogP contribution in [0.3, 0.4) is 0 Å². The van der Waals surface area contributed by atoms with E-state index < -0.39 is 0 Å². The molecule has 0 aliphatic heterocycles. The standard InChI is InChI=1S/C16H18N2O/c1-18(15-4-2-3-5-15)16(19)11-10-13-6-8-14(12-17)9-7-13/h6-11,15H,2-5H2,1H3/b11-10+. The minimum Gasteiger partial charge on any atom is -0.339 e. The van der Waals surface area contributed by atoms with Crippen LogP contribution in [0.2, 0.25) is 0 Å². The van der Waals surface area contributed by atoms with E-state index in [0.717, 1.165) is 18.4 Å². The Hall–Kier alpha value is -2.08. The van der Waals surface area contributed by atoms with Gasteiger partial charge in [-0.05, 0) is 36.6 Å². The quantitative estimate of drug-likeness (QED) is 0.778. The fourth-order valence-corrected chi connectivity index (χ4v) is 2.43. The van der Waals surface area contributed by atoms with Gasteiger partial charge in [0.25, 0.3) is 0 Å². The summed E-state index contributed by atoms with van der Waals surface area (Å²) < 4.78 is 0. The lowest BCUT2D eigenvalue weighted by Crippen LogP contribution is -2.33. The summed E-state index contributed by atoms with van der Waals surface area (Å²) in [7, 11) is 1.88. The van der Waals surface area contributed by atoms with Gasteiger partial charge < -0.3 is 4.90 Å². The van der Waals surface area contributed by atoms with Gasteiger partial charge in [0.05, 0.1) is 11.6 Å². The molecule has 0 heterocycles. The molecule has 1 saturated carbocycles. The Morgan fingerprint density at radius 3 is 2.53 bits per heavy atom. The van der Waals surface area contributed by atoms with E-state index in [1.54, 1.807) is 24.3 Å². The van der Waals surface area contributed by atoms with Crippen LogP contribution in [-0.4, -0.2) is 23.9 Å². The Kier molecular flexibility index (Phi) is 4.35. The third kappa shape index (κ3) is 3.45. The molecule has 0 bridgehead atoms. The largest absolute Gasteiger partial charge is 0.339 e. The predicted molar refractivity (Wildman–Crippen MR) is 75.2 cm³/mol. The zero-order chi connectivity index (χ0) is 13.7. The topological polar surface area (TPSA) is 44.1 Å². The van der Waals surface area contributed by atoms with Crippen LogP contribution < -0.4 is 0 Å². The van der Waals surface area contributed by atoms with E-state index in [1.807, 2.05) is 24.1 Å². The van der Waals surface area contributed by atoms with Crippen molar-refractivity contribution in [3.05, 3.63) is 41.5 Å². The molecule has 0 spiro atoms. The first-order valence-electron chi connectivity index (χ1n) is 6.66. The molecule has 1 aliphatic carbocycles. The van der Waals surface area contributed by atoms with Gasteiger partial charge in [-0.3, -0.25) is 4.79 Å². The smallest absolute Gasteiger partial charge is 0.246 e. The minimum absolute atomic E-state index is 0.0521. The van der Waals surface area contributed by atoms with Crippen molar-refractivity contribution in [2.75, 3.05) is 7.05 Å². The van der Waals surface area contributed by atoms with Gasteiger partial charge in [0, 0.05) is 19.2 Å². The molecule has 0 atom stereocenters. The Balaban J connectivity index is 1.97. The number of likely N-dealkylation sites (N-methyl/N-ethyl adjacent to an activating group) is 1. The molecule has 0 aromatic heterocycles. The molecule has 3 nitrogen and oxygen atoms in total. The van der Waals surface area contributed by atoms with Crippen molar-refractivity contribution >= 4 is 12.0 Å². The van der Waals surface area contributed by atoms with Crippen LogP contribution in [0.1, 0.15) is 36.8 Å². The predicted octanol–water partition coefficient (Wildman–Crippen LogP) is 2.97. The molecule has 0 unspecified atom stereocenters. The van der Waals surface area contributed by atoms with Gasteiger partial charge in [-0.2, -0.15) is 5.26 Å². The third-order valence-corrected chi connectivity index (χ3v) is 3.68. The number of nitriles is 1. The van der Waals surface area contributed by atoms with Gasteiger partial charge in [-0.25, -0.2) is 0 Å². The number of amides is 1. The molecule has 0 radical (unpaired) electrons. The average molecular weight is 254 g/mol. The lowest BCUT2D eigenvalue weighted by atomic mass is 10.1. The number of nitrogens with zero attached hydrogens (tertiary/aromatic N) is 2. The number of hydrogen-bond donors (Lipinski definition) is 0. The number of benzene rings is 1. The van der Waals surface area contributed by atoms with Gasteiger partial charge >= 0.3 is 0 Å². The van der Waals surface area contributed by atoms with Crippen LogP contribution in [0.15, 0.2) is 30.3 Å². The summed E-state index contributed by atoms with van der Waals surface area (Å²) in [6, 6.07) is 9.68. The van der Waals surface area contributed by atoms with Crippen LogP contribution in [0.25, 0.3) is 6.08 Å². The molecule has 1 aromatic rings. The monoisotopic (exact) mass is 254 g/mol. The summed E-state index contributed by atoms with van der Waals surface area (Å²) in [5.74, 6) is 0.0521. The maximum atomic E-state index is 12.0. The number of carbonyl (C=O) groups excluding carboxylic acids is 1. The minimum atomic E-state index is 0.0521. The number of hydrogen-bond acceptors (Lipinski definition) is 2. The lowest BCUT2D eigenvalue weighted by molar-refractivity contribution is -0.126. The molecule has 1 amide bonds. The first-order valence-corrected chi connectivity index (χ1v) is 6.66. The van der Waals surface area contributed by atoms with Gasteiger partial charge in [-0.1, -0.05) is 25.0 Å². The Labute approximate surface area is 114 Å². The van der Waals surface area contributed by atoms with Crippen LogP contribution in [0, 0.1) is 11.3 Å². The Morgan fingerprint density at radius 1 is 1.32 bits per heavy atom. The number of carbonyl (C=O) groups is 1. The molecule has 3 heteroatoms. The summed E-state index contributed by atoms with van der Waals surface area (Å²) >= 11 is 0. The van der Waals surface area contributed by atoms with Gasteiger partial charge in [-0.15, -0.1) is 0 Å². The van der Waals surface area contributed by atoms with E-state index in [4.69, 9.17) is 5.26 Å². The van der Waals surface area contributed by atoms with E-state index in [-0.39, 0.29) is 5.91 Å². The second-order valence-electron chi connectivity index (χ2n) is 4.95. The van der Waals surface area contributed by atoms with Crippen molar-refractivity contribution in [3.8, 4) is 6.07 Å². The maximum Gasteiger partial charge on any atom is 0.246 e. The molecule has 1 fully saturated rings. The Morgan fingerprint density at radius 2 is 1.95 bits per heavy atom. The molecule has 1 aliphatic rings. The molecule has 19 heavy (non-hydrogen) atoms. The van der Waals surface area contributed by atoms with Gasteiger partial charge in [0.1, 0.15) is 0 Å². The summed E-state index contributed by atoms with van der Waals surface area (Å²) in [6.07, 6.45) is 8.10. The van der Waals surface area contributed by atoms with Crippen molar-refractivity contribution in [1.29, 1.82) is 5.26 Å². The SMILES string of the molecule is CN(C(=O)/C=C/c1ccc(C#N)cc1)C1CCCC1. The van der Waals surface area contributed by atoms with Crippen LogP contribution in [-0.2, 0) is 4.79 Å². The average Bonchev–Trinajstić information content (AvgIpc) is 2.98. The normalized spacial score (nSPS) is 15.6. The molecular weight excluding hydrogens is 236 g/mol. The fraction of sp³-hybridized carbons (Fsp3) is 0.375. The van der Waals surface area contributed by atoms with Crippen molar-refractivity contribution in [2.45, 2.75) is 31.7 Å². The second kappa shape index (κ2) is 6.19. The highest BCUT2D eigenvalue weighted by Gasteiger charge is 2.21. The van der Waals surface area contributed by atoms with Crippen molar-refractivity contribution in [2.24, 2.45) is 0 Å². The van der Waals surface area contributed by atoms with Gasteiger partial charge in [0.15, 0.2) is 0 Å². The highest BCUT2D eigenvalue weighted by atomic mass is 16.2. The molecule has 1 aromatic carbocycles. The highest BCUT2D eigenvalue weighted by Crippen LogP contribution is 2.22. The van der Waals surface area contributed by atoms with E-state index in [2.05, 4.69) is 6.07 Å². The van der Waals surface area contributed by atoms with Gasteiger partial charge in [0.2, 0.25) is 5.91 Å². The second-order valence-corrected chi connectivity index (χ2v) is 4.95. The maximum absolute atomic E-state index is 12.0.